The van der Waals surface area contributed by atoms with Gasteiger partial charge in [-0.05, 0) is 37.1 Å². The Bertz CT molecular complexity index is 637. The van der Waals surface area contributed by atoms with Gasteiger partial charge in [0, 0.05) is 26.2 Å². The number of nitrogens with zero attached hydrogens (tertiary/aromatic N) is 2. The van der Waals surface area contributed by atoms with E-state index in [1.807, 2.05) is 24.1 Å². The molecular weight excluding hydrogens is 393 g/mol. The Hall–Kier alpha value is -1.59. The van der Waals surface area contributed by atoms with Crippen molar-refractivity contribution in [3.63, 3.8) is 0 Å². The number of carbonyl (C=O) groups excluding carboxylic acids is 1. The van der Waals surface area contributed by atoms with Gasteiger partial charge in [0.05, 0.1) is 6.54 Å². The molecule has 1 amide bonds. The lowest BCUT2D eigenvalue weighted by Gasteiger charge is -2.33. The SMILES string of the molecule is CN(C(=O)CN(Cc1ccccc1)Cc1ccccc1)C1CCNCC1.Cl.Cl. The van der Waals surface area contributed by atoms with Crippen molar-refractivity contribution >= 4 is 30.7 Å². The van der Waals surface area contributed by atoms with Crippen LogP contribution in [0.4, 0.5) is 0 Å². The third-order valence-corrected chi connectivity index (χ3v) is 5.11. The fourth-order valence-corrected chi connectivity index (χ4v) is 3.55. The first kappa shape index (κ1) is 24.4. The van der Waals surface area contributed by atoms with Crippen LogP contribution < -0.4 is 5.32 Å². The quantitative estimate of drug-likeness (QED) is 0.736. The molecule has 1 saturated heterocycles. The third-order valence-electron chi connectivity index (χ3n) is 5.11. The van der Waals surface area contributed by atoms with Gasteiger partial charge >= 0.3 is 0 Å². The van der Waals surface area contributed by atoms with Gasteiger partial charge in [-0.25, -0.2) is 0 Å². The van der Waals surface area contributed by atoms with E-state index in [2.05, 4.69) is 58.7 Å². The Kier molecular flexibility index (Phi) is 11.2. The molecule has 0 unspecified atom stereocenters. The predicted molar refractivity (Wildman–Crippen MR) is 120 cm³/mol. The first-order chi connectivity index (χ1) is 12.7. The summed E-state index contributed by atoms with van der Waals surface area (Å²) in [6, 6.07) is 21.1. The topological polar surface area (TPSA) is 35.6 Å². The molecule has 1 fully saturated rings. The highest BCUT2D eigenvalue weighted by Gasteiger charge is 2.23. The van der Waals surface area contributed by atoms with Crippen LogP contribution in [0.3, 0.4) is 0 Å². The summed E-state index contributed by atoms with van der Waals surface area (Å²) >= 11 is 0. The molecule has 2 aromatic carbocycles. The number of hydrogen-bond acceptors (Lipinski definition) is 3. The average molecular weight is 424 g/mol. The van der Waals surface area contributed by atoms with Crippen LogP contribution in [0.2, 0.25) is 0 Å². The number of amides is 1. The summed E-state index contributed by atoms with van der Waals surface area (Å²) < 4.78 is 0. The molecule has 0 atom stereocenters. The van der Waals surface area contributed by atoms with Gasteiger partial charge in [0.15, 0.2) is 0 Å². The number of carbonyl (C=O) groups is 1. The molecule has 2 aromatic rings. The van der Waals surface area contributed by atoms with Gasteiger partial charge in [0.2, 0.25) is 5.91 Å². The summed E-state index contributed by atoms with van der Waals surface area (Å²) in [5.74, 6) is 0.212. The maximum atomic E-state index is 12.9. The Balaban J connectivity index is 0.00000196. The Morgan fingerprint density at radius 2 is 1.36 bits per heavy atom. The molecule has 0 aromatic heterocycles. The van der Waals surface area contributed by atoms with Crippen molar-refractivity contribution in [2.45, 2.75) is 32.0 Å². The van der Waals surface area contributed by atoms with Crippen molar-refractivity contribution in [1.82, 2.24) is 15.1 Å². The van der Waals surface area contributed by atoms with Gasteiger partial charge in [-0.15, -0.1) is 24.8 Å². The van der Waals surface area contributed by atoms with Crippen LogP contribution in [0.15, 0.2) is 60.7 Å². The lowest BCUT2D eigenvalue weighted by molar-refractivity contribution is -0.134. The van der Waals surface area contributed by atoms with Crippen molar-refractivity contribution in [3.8, 4) is 0 Å². The van der Waals surface area contributed by atoms with Crippen molar-refractivity contribution in [1.29, 1.82) is 0 Å². The lowest BCUT2D eigenvalue weighted by Crippen LogP contribution is -2.47. The average Bonchev–Trinajstić information content (AvgIpc) is 2.69. The molecular formula is C22H31Cl2N3O. The minimum atomic E-state index is 0. The molecule has 1 aliphatic heterocycles. The van der Waals surface area contributed by atoms with Crippen LogP contribution in [0.1, 0.15) is 24.0 Å². The van der Waals surface area contributed by atoms with E-state index in [0.717, 1.165) is 39.0 Å². The second-order valence-electron chi connectivity index (χ2n) is 7.10. The number of benzene rings is 2. The van der Waals surface area contributed by atoms with Gasteiger partial charge in [-0.3, -0.25) is 9.69 Å². The van der Waals surface area contributed by atoms with Crippen molar-refractivity contribution < 1.29 is 4.79 Å². The predicted octanol–water partition coefficient (Wildman–Crippen LogP) is 3.74. The van der Waals surface area contributed by atoms with Crippen LogP contribution in [-0.2, 0) is 17.9 Å². The molecule has 154 valence electrons. The molecule has 1 N–H and O–H groups in total. The molecule has 0 spiro atoms. The van der Waals surface area contributed by atoms with E-state index in [9.17, 15) is 4.79 Å². The molecule has 28 heavy (non-hydrogen) atoms. The van der Waals surface area contributed by atoms with Crippen molar-refractivity contribution in [2.75, 3.05) is 26.7 Å². The molecule has 0 bridgehead atoms. The lowest BCUT2D eigenvalue weighted by atomic mass is 10.1. The molecule has 1 heterocycles. The second kappa shape index (κ2) is 12.8. The van der Waals surface area contributed by atoms with Crippen molar-refractivity contribution in [3.05, 3.63) is 71.8 Å². The van der Waals surface area contributed by atoms with Gasteiger partial charge < -0.3 is 10.2 Å². The van der Waals surface area contributed by atoms with Gasteiger partial charge in [0.25, 0.3) is 0 Å². The van der Waals surface area contributed by atoms with Crippen LogP contribution in [0, 0.1) is 0 Å². The van der Waals surface area contributed by atoms with Crippen LogP contribution in [-0.4, -0.2) is 48.4 Å². The van der Waals surface area contributed by atoms with Gasteiger partial charge in [-0.2, -0.15) is 0 Å². The Morgan fingerprint density at radius 1 is 0.893 bits per heavy atom. The summed E-state index contributed by atoms with van der Waals surface area (Å²) in [5, 5.41) is 3.37. The standard InChI is InChI=1S/C22H29N3O.2ClH/c1-24(21-12-14-23-15-13-21)22(26)18-25(16-19-8-4-2-5-9-19)17-20-10-6-3-7-11-20;;/h2-11,21,23H,12-18H2,1H3;2*1H. The Morgan fingerprint density at radius 3 is 1.82 bits per heavy atom. The van der Waals surface area contributed by atoms with Gasteiger partial charge in [0.1, 0.15) is 0 Å². The number of halogens is 2. The van der Waals surface area contributed by atoms with Crippen molar-refractivity contribution in [2.24, 2.45) is 0 Å². The minimum absolute atomic E-state index is 0. The first-order valence-electron chi connectivity index (χ1n) is 9.49. The summed E-state index contributed by atoms with van der Waals surface area (Å²) in [6.45, 7) is 4.01. The molecule has 0 saturated carbocycles. The fourth-order valence-electron chi connectivity index (χ4n) is 3.55. The van der Waals surface area contributed by atoms with E-state index in [0.29, 0.717) is 12.6 Å². The van der Waals surface area contributed by atoms with Gasteiger partial charge in [-0.1, -0.05) is 60.7 Å². The summed E-state index contributed by atoms with van der Waals surface area (Å²) in [6.07, 6.45) is 2.08. The normalized spacial score (nSPS) is 14.1. The highest BCUT2D eigenvalue weighted by Crippen LogP contribution is 2.13. The van der Waals surface area contributed by atoms with Crippen LogP contribution in [0.25, 0.3) is 0 Å². The summed E-state index contributed by atoms with van der Waals surface area (Å²) in [7, 11) is 1.96. The van der Waals surface area contributed by atoms with E-state index in [1.165, 1.54) is 11.1 Å². The highest BCUT2D eigenvalue weighted by atomic mass is 35.5. The van der Waals surface area contributed by atoms with E-state index in [4.69, 9.17) is 0 Å². The molecule has 6 heteroatoms. The monoisotopic (exact) mass is 423 g/mol. The number of likely N-dealkylation sites (N-methyl/N-ethyl adjacent to an activating group) is 1. The zero-order valence-corrected chi connectivity index (χ0v) is 18.1. The first-order valence-corrected chi connectivity index (χ1v) is 9.49. The Labute approximate surface area is 181 Å². The van der Waals surface area contributed by atoms with E-state index in [-0.39, 0.29) is 30.7 Å². The maximum absolute atomic E-state index is 12.9. The summed E-state index contributed by atoms with van der Waals surface area (Å²) in [5.41, 5.74) is 2.47. The number of rotatable bonds is 7. The zero-order valence-electron chi connectivity index (χ0n) is 16.4. The van der Waals surface area contributed by atoms with E-state index < -0.39 is 0 Å². The maximum Gasteiger partial charge on any atom is 0.236 e. The number of nitrogens with one attached hydrogen (secondary N) is 1. The molecule has 4 nitrogen and oxygen atoms in total. The number of hydrogen-bond donors (Lipinski definition) is 1. The van der Waals surface area contributed by atoms with Crippen LogP contribution >= 0.6 is 24.8 Å². The highest BCUT2D eigenvalue weighted by molar-refractivity contribution is 5.85. The fraction of sp³-hybridized carbons (Fsp3) is 0.409. The van der Waals surface area contributed by atoms with E-state index in [1.54, 1.807) is 0 Å². The molecule has 3 rings (SSSR count). The zero-order chi connectivity index (χ0) is 18.2. The summed E-state index contributed by atoms with van der Waals surface area (Å²) in [4.78, 5) is 17.1. The minimum Gasteiger partial charge on any atom is -0.342 e. The molecule has 0 aliphatic carbocycles. The van der Waals surface area contributed by atoms with E-state index >= 15 is 0 Å². The smallest absolute Gasteiger partial charge is 0.236 e. The van der Waals surface area contributed by atoms with Crippen LogP contribution in [0.5, 0.6) is 0 Å². The molecule has 0 radical (unpaired) electrons. The largest absolute Gasteiger partial charge is 0.342 e. The third kappa shape index (κ3) is 7.44. The number of piperidine rings is 1. The second-order valence-corrected chi connectivity index (χ2v) is 7.10. The molecule has 1 aliphatic rings.